The van der Waals surface area contributed by atoms with Crippen LogP contribution in [0.2, 0.25) is 0 Å². The first-order valence-corrected chi connectivity index (χ1v) is 21.5. The molecule has 0 bridgehead atoms. The average molecular weight is 827 g/mol. The molecule has 0 aliphatic rings. The van der Waals surface area contributed by atoms with E-state index in [-0.39, 0.29) is 11.8 Å². The Hall–Kier alpha value is -8.34. The van der Waals surface area contributed by atoms with Gasteiger partial charge in [0.15, 0.2) is 0 Å². The van der Waals surface area contributed by atoms with Gasteiger partial charge in [-0.05, 0) is 92.5 Å². The number of hydrogen-bond acceptors (Lipinski definition) is 2. The van der Waals surface area contributed by atoms with Gasteiger partial charge in [0.1, 0.15) is 0 Å². The minimum atomic E-state index is -0.582. The molecule has 2 N–H and O–H groups in total. The quantitative estimate of drug-likeness (QED) is 0.0898. The zero-order chi connectivity index (χ0) is 43.6. The number of carbonyl (C=O) groups excluding carboxylic acids is 2. The highest BCUT2D eigenvalue weighted by molar-refractivity contribution is 6.05. The predicted octanol–water partition coefficient (Wildman–Crippen LogP) is 13.4. The molecule has 0 aliphatic heterocycles. The zero-order valence-electron chi connectivity index (χ0n) is 35.2. The monoisotopic (exact) mass is 826 g/mol. The molecule has 0 heterocycles. The smallest absolute Gasteiger partial charge is 0.255 e. The van der Waals surface area contributed by atoms with Crippen LogP contribution in [-0.2, 0) is 15.6 Å². The number of rotatable bonds is 13. The van der Waals surface area contributed by atoms with Crippen molar-refractivity contribution < 1.29 is 9.59 Å². The van der Waals surface area contributed by atoms with Crippen molar-refractivity contribution in [2.75, 3.05) is 10.6 Å². The molecule has 0 aromatic heterocycles. The fraction of sp³-hybridized carbons (Fsp3) is 0.0333. The number of nitrogens with one attached hydrogen (secondary N) is 2. The highest BCUT2D eigenvalue weighted by Crippen LogP contribution is 2.46. The van der Waals surface area contributed by atoms with Crippen LogP contribution in [0.25, 0.3) is 6.08 Å². The number of hydrogen-bond donors (Lipinski definition) is 2. The van der Waals surface area contributed by atoms with Crippen molar-refractivity contribution in [3.63, 3.8) is 0 Å². The molecule has 0 saturated heterocycles. The van der Waals surface area contributed by atoms with Gasteiger partial charge in [0.2, 0.25) is 5.91 Å². The normalized spacial score (nSPS) is 11.5. The van der Waals surface area contributed by atoms with Gasteiger partial charge in [-0.3, -0.25) is 9.59 Å². The number of carbonyl (C=O) groups is 2. The molecule has 0 atom stereocenters. The van der Waals surface area contributed by atoms with Crippen LogP contribution in [0.3, 0.4) is 0 Å². The molecule has 9 rings (SSSR count). The summed E-state index contributed by atoms with van der Waals surface area (Å²) in [6, 6.07) is 86.7. The molecule has 9 aromatic rings. The first-order chi connectivity index (χ1) is 31.5. The Labute approximate surface area is 375 Å². The van der Waals surface area contributed by atoms with E-state index in [0.29, 0.717) is 16.9 Å². The van der Waals surface area contributed by atoms with Crippen LogP contribution < -0.4 is 10.6 Å². The molecule has 2 amide bonds. The summed E-state index contributed by atoms with van der Waals surface area (Å²) < 4.78 is 0. The Morgan fingerprint density at radius 2 is 0.641 bits per heavy atom. The van der Waals surface area contributed by atoms with E-state index in [0.717, 1.165) is 50.1 Å². The molecule has 0 unspecified atom stereocenters. The molecule has 9 aromatic carbocycles. The summed E-state index contributed by atoms with van der Waals surface area (Å²) in [6.45, 7) is 0. The van der Waals surface area contributed by atoms with E-state index in [4.69, 9.17) is 0 Å². The van der Waals surface area contributed by atoms with E-state index < -0.39 is 10.8 Å². The molecular weight excluding hydrogens is 781 g/mol. The topological polar surface area (TPSA) is 58.2 Å². The molecule has 0 fully saturated rings. The summed E-state index contributed by atoms with van der Waals surface area (Å²) in [5, 5.41) is 6.11. The van der Waals surface area contributed by atoms with Crippen LogP contribution in [0.4, 0.5) is 11.4 Å². The molecule has 0 aliphatic carbocycles. The highest BCUT2D eigenvalue weighted by atomic mass is 16.2. The van der Waals surface area contributed by atoms with E-state index in [9.17, 15) is 9.59 Å². The summed E-state index contributed by atoms with van der Waals surface area (Å²) in [7, 11) is 0. The summed E-state index contributed by atoms with van der Waals surface area (Å²) in [6.07, 6.45) is 3.21. The van der Waals surface area contributed by atoms with Gasteiger partial charge in [-0.15, -0.1) is 0 Å². The highest BCUT2D eigenvalue weighted by Gasteiger charge is 2.39. The Morgan fingerprint density at radius 1 is 0.328 bits per heavy atom. The Kier molecular flexibility index (Phi) is 12.0. The van der Waals surface area contributed by atoms with E-state index >= 15 is 0 Å². The van der Waals surface area contributed by atoms with Crippen LogP contribution in [0.1, 0.15) is 60.4 Å². The summed E-state index contributed by atoms with van der Waals surface area (Å²) >= 11 is 0. The minimum Gasteiger partial charge on any atom is -0.323 e. The van der Waals surface area contributed by atoms with E-state index in [2.05, 4.69) is 180 Å². The second-order valence-corrected chi connectivity index (χ2v) is 15.8. The summed E-state index contributed by atoms with van der Waals surface area (Å²) in [4.78, 5) is 26.9. The van der Waals surface area contributed by atoms with Crippen LogP contribution in [0.5, 0.6) is 0 Å². The molecule has 4 nitrogen and oxygen atoms in total. The minimum absolute atomic E-state index is 0.245. The first-order valence-electron chi connectivity index (χ1n) is 21.5. The van der Waals surface area contributed by atoms with E-state index in [1.807, 2.05) is 72.8 Å². The van der Waals surface area contributed by atoms with E-state index in [1.54, 1.807) is 18.2 Å². The lowest BCUT2D eigenvalue weighted by atomic mass is 9.65. The molecule has 4 heteroatoms. The van der Waals surface area contributed by atoms with Crippen molar-refractivity contribution >= 4 is 29.3 Å². The van der Waals surface area contributed by atoms with Gasteiger partial charge in [0.25, 0.3) is 5.91 Å². The van der Waals surface area contributed by atoms with Crippen molar-refractivity contribution in [2.24, 2.45) is 0 Å². The van der Waals surface area contributed by atoms with Crippen LogP contribution in [0, 0.1) is 0 Å². The maximum absolute atomic E-state index is 13.6. The zero-order valence-corrected chi connectivity index (χ0v) is 35.2. The van der Waals surface area contributed by atoms with Crippen LogP contribution in [-0.4, -0.2) is 11.8 Å². The lowest BCUT2D eigenvalue weighted by Crippen LogP contribution is -2.31. The lowest BCUT2D eigenvalue weighted by Gasteiger charge is -2.37. The second kappa shape index (κ2) is 18.7. The number of anilines is 2. The fourth-order valence-corrected chi connectivity index (χ4v) is 9.08. The number of benzene rings is 9. The largest absolute Gasteiger partial charge is 0.323 e. The number of amides is 2. The summed E-state index contributed by atoms with van der Waals surface area (Å²) in [5.41, 5.74) is 10.4. The van der Waals surface area contributed by atoms with Crippen molar-refractivity contribution in [1.29, 1.82) is 0 Å². The van der Waals surface area contributed by atoms with Gasteiger partial charge in [-0.1, -0.05) is 218 Å². The van der Waals surface area contributed by atoms with Crippen molar-refractivity contribution in [2.45, 2.75) is 10.8 Å². The average Bonchev–Trinajstić information content (AvgIpc) is 3.37. The van der Waals surface area contributed by atoms with Crippen molar-refractivity contribution in [1.82, 2.24) is 0 Å². The third kappa shape index (κ3) is 8.21. The molecular formula is C60H46N2O2. The molecule has 0 radical (unpaired) electrons. The molecule has 0 saturated carbocycles. The Bertz CT molecular complexity index is 2780. The van der Waals surface area contributed by atoms with Gasteiger partial charge in [-0.2, -0.15) is 0 Å². The van der Waals surface area contributed by atoms with Gasteiger partial charge in [-0.25, -0.2) is 0 Å². The van der Waals surface area contributed by atoms with Gasteiger partial charge in [0.05, 0.1) is 10.8 Å². The Balaban J connectivity index is 0.916. The predicted molar refractivity (Wildman–Crippen MR) is 262 cm³/mol. The lowest BCUT2D eigenvalue weighted by molar-refractivity contribution is -0.111. The fourth-order valence-electron chi connectivity index (χ4n) is 9.08. The van der Waals surface area contributed by atoms with Crippen molar-refractivity contribution in [3.05, 3.63) is 316 Å². The van der Waals surface area contributed by atoms with Gasteiger partial charge in [0, 0.05) is 23.0 Å². The second-order valence-electron chi connectivity index (χ2n) is 15.8. The summed E-state index contributed by atoms with van der Waals surface area (Å²) in [5.74, 6) is -0.522. The van der Waals surface area contributed by atoms with Gasteiger partial charge < -0.3 is 10.6 Å². The SMILES string of the molecule is O=C(/C=C/c1cccc(C(=O)Nc2ccc(C(c3ccccc3)(c3ccccc3)c3ccccc3)cc2)c1)Nc1ccc(C(c2ccccc2)(c2ccccc2)c2ccccc2)cc1. The molecule has 0 spiro atoms. The standard InChI is InChI=1S/C60H46N2O2/c63-57(61-55-39-35-53(36-40-55)59(47-22-7-1-8-23-47,48-24-9-2-10-25-48)49-26-11-3-12-27-49)43-34-45-20-19-21-46(44-45)58(64)62-56-41-37-54(38-42-56)60(50-28-13-4-14-29-50,51-30-15-5-16-31-51)52-32-17-6-18-33-52/h1-44H,(H,61,63)(H,62,64)/b43-34+. The van der Waals surface area contributed by atoms with Gasteiger partial charge >= 0.3 is 0 Å². The first kappa shape index (κ1) is 41.0. The van der Waals surface area contributed by atoms with Crippen molar-refractivity contribution in [3.8, 4) is 0 Å². The third-order valence-electron chi connectivity index (χ3n) is 12.0. The van der Waals surface area contributed by atoms with Crippen LogP contribution in [0.15, 0.2) is 261 Å². The third-order valence-corrected chi connectivity index (χ3v) is 12.0. The molecule has 64 heavy (non-hydrogen) atoms. The maximum Gasteiger partial charge on any atom is 0.255 e. The Morgan fingerprint density at radius 3 is 0.984 bits per heavy atom. The maximum atomic E-state index is 13.6. The molecule has 308 valence electrons. The van der Waals surface area contributed by atoms with E-state index in [1.165, 1.54) is 6.08 Å². The van der Waals surface area contributed by atoms with Crippen LogP contribution >= 0.6 is 0 Å².